The lowest BCUT2D eigenvalue weighted by atomic mass is 10.2. The van der Waals surface area contributed by atoms with Crippen molar-refractivity contribution in [3.8, 4) is 0 Å². The van der Waals surface area contributed by atoms with Crippen LogP contribution in [0.2, 0.25) is 0 Å². The average molecular weight is 418 g/mol. The van der Waals surface area contributed by atoms with Gasteiger partial charge in [-0.05, 0) is 57.2 Å². The molecular formula is C20H22N2O6S. The highest BCUT2D eigenvalue weighted by Crippen LogP contribution is 2.18. The SMILES string of the molecule is CCNC(=O)[C@@H](C)OC(=O)c1ccc(NS(=O)(=O)c2ccc(C(C)=O)cc2)cc1. The smallest absolute Gasteiger partial charge is 0.338 e. The van der Waals surface area contributed by atoms with Gasteiger partial charge in [0.15, 0.2) is 11.9 Å². The number of rotatable bonds is 8. The molecule has 0 saturated heterocycles. The zero-order valence-electron chi connectivity index (χ0n) is 16.3. The molecule has 2 aromatic carbocycles. The number of hydrogen-bond acceptors (Lipinski definition) is 6. The Hall–Kier alpha value is -3.20. The molecule has 0 heterocycles. The molecule has 0 fully saturated rings. The molecule has 29 heavy (non-hydrogen) atoms. The third-order valence-corrected chi connectivity index (χ3v) is 5.35. The number of ether oxygens (including phenoxy) is 1. The van der Waals surface area contributed by atoms with Gasteiger partial charge in [-0.15, -0.1) is 0 Å². The number of sulfonamides is 1. The van der Waals surface area contributed by atoms with Crippen molar-refractivity contribution in [1.29, 1.82) is 0 Å². The van der Waals surface area contributed by atoms with Crippen LogP contribution in [0.15, 0.2) is 53.4 Å². The van der Waals surface area contributed by atoms with Gasteiger partial charge in [0.2, 0.25) is 0 Å². The quantitative estimate of drug-likeness (QED) is 0.502. The Morgan fingerprint density at radius 3 is 2.03 bits per heavy atom. The third kappa shape index (κ3) is 5.89. The standard InChI is InChI=1S/C20H22N2O6S/c1-4-21-19(24)14(3)28-20(25)16-5-9-17(10-6-16)22-29(26,27)18-11-7-15(8-12-18)13(2)23/h5-12,14,22H,4H2,1-3H3,(H,21,24)/t14-/m1/s1. The number of carbonyl (C=O) groups is 3. The first-order valence-electron chi connectivity index (χ1n) is 8.86. The molecule has 0 aliphatic rings. The van der Waals surface area contributed by atoms with Crippen molar-refractivity contribution in [2.45, 2.75) is 31.8 Å². The fourth-order valence-electron chi connectivity index (χ4n) is 2.36. The van der Waals surface area contributed by atoms with Gasteiger partial charge in [0, 0.05) is 17.8 Å². The van der Waals surface area contributed by atoms with Crippen LogP contribution in [0.25, 0.3) is 0 Å². The van der Waals surface area contributed by atoms with E-state index in [0.717, 1.165) is 0 Å². The van der Waals surface area contributed by atoms with Crippen LogP contribution in [-0.4, -0.2) is 38.7 Å². The van der Waals surface area contributed by atoms with E-state index in [-0.39, 0.29) is 21.9 Å². The van der Waals surface area contributed by atoms with Crippen LogP contribution in [0.5, 0.6) is 0 Å². The summed E-state index contributed by atoms with van der Waals surface area (Å²) in [6.07, 6.45) is -0.946. The number of esters is 1. The second-order valence-electron chi connectivity index (χ2n) is 6.21. The van der Waals surface area contributed by atoms with Gasteiger partial charge < -0.3 is 10.1 Å². The van der Waals surface area contributed by atoms with Gasteiger partial charge in [-0.1, -0.05) is 12.1 Å². The number of hydrogen-bond donors (Lipinski definition) is 2. The molecule has 0 spiro atoms. The van der Waals surface area contributed by atoms with E-state index < -0.39 is 28.0 Å². The molecule has 1 amide bonds. The molecule has 8 nitrogen and oxygen atoms in total. The van der Waals surface area contributed by atoms with Crippen LogP contribution in [0.4, 0.5) is 5.69 Å². The van der Waals surface area contributed by atoms with Crippen molar-refractivity contribution in [2.24, 2.45) is 0 Å². The molecule has 0 aliphatic heterocycles. The summed E-state index contributed by atoms with van der Waals surface area (Å²) in [4.78, 5) is 35.0. The summed E-state index contributed by atoms with van der Waals surface area (Å²) in [5.74, 6) is -1.26. The maximum atomic E-state index is 12.5. The highest BCUT2D eigenvalue weighted by atomic mass is 32.2. The molecule has 0 aromatic heterocycles. The number of amides is 1. The zero-order valence-corrected chi connectivity index (χ0v) is 17.1. The summed E-state index contributed by atoms with van der Waals surface area (Å²) < 4.78 is 32.4. The fraction of sp³-hybridized carbons (Fsp3) is 0.250. The van der Waals surface area contributed by atoms with Crippen LogP contribution in [0.3, 0.4) is 0 Å². The topological polar surface area (TPSA) is 119 Å². The maximum absolute atomic E-state index is 12.5. The van der Waals surface area contributed by atoms with E-state index in [4.69, 9.17) is 4.74 Å². The maximum Gasteiger partial charge on any atom is 0.338 e. The Morgan fingerprint density at radius 2 is 1.52 bits per heavy atom. The van der Waals surface area contributed by atoms with Crippen LogP contribution >= 0.6 is 0 Å². The van der Waals surface area contributed by atoms with E-state index in [2.05, 4.69) is 10.0 Å². The number of benzene rings is 2. The predicted molar refractivity (Wildman–Crippen MR) is 107 cm³/mol. The fourth-order valence-corrected chi connectivity index (χ4v) is 3.42. The van der Waals surface area contributed by atoms with Gasteiger partial charge in [0.25, 0.3) is 15.9 Å². The van der Waals surface area contributed by atoms with E-state index in [1.165, 1.54) is 62.4 Å². The van der Waals surface area contributed by atoms with E-state index in [1.807, 2.05) is 0 Å². The average Bonchev–Trinajstić information content (AvgIpc) is 2.68. The van der Waals surface area contributed by atoms with Gasteiger partial charge in [-0.25, -0.2) is 13.2 Å². The Bertz CT molecular complexity index is 998. The van der Waals surface area contributed by atoms with Crippen LogP contribution in [0, 0.1) is 0 Å². The number of anilines is 1. The minimum atomic E-state index is -3.86. The Labute approximate surface area is 169 Å². The number of nitrogens with one attached hydrogen (secondary N) is 2. The lowest BCUT2D eigenvalue weighted by Gasteiger charge is -2.13. The number of carbonyl (C=O) groups excluding carboxylic acids is 3. The Kier molecular flexibility index (Phi) is 7.11. The van der Waals surface area contributed by atoms with E-state index >= 15 is 0 Å². The number of Topliss-reactive ketones (excluding diaryl/α,β-unsaturated/α-hetero) is 1. The molecule has 2 N–H and O–H groups in total. The minimum absolute atomic E-state index is 0.00162. The van der Waals surface area contributed by atoms with Gasteiger partial charge in [-0.3, -0.25) is 14.3 Å². The molecular weight excluding hydrogens is 396 g/mol. The largest absolute Gasteiger partial charge is 0.449 e. The second kappa shape index (κ2) is 9.33. The third-order valence-electron chi connectivity index (χ3n) is 3.95. The molecule has 0 unspecified atom stereocenters. The number of likely N-dealkylation sites (N-methyl/N-ethyl adjacent to an activating group) is 1. The lowest BCUT2D eigenvalue weighted by molar-refractivity contribution is -0.128. The van der Waals surface area contributed by atoms with Crippen LogP contribution in [0.1, 0.15) is 41.5 Å². The predicted octanol–water partition coefficient (Wildman–Crippen LogP) is 2.37. The molecule has 0 saturated carbocycles. The van der Waals surface area contributed by atoms with Crippen molar-refractivity contribution < 1.29 is 27.5 Å². The van der Waals surface area contributed by atoms with Crippen molar-refractivity contribution >= 4 is 33.4 Å². The van der Waals surface area contributed by atoms with Gasteiger partial charge >= 0.3 is 5.97 Å². The van der Waals surface area contributed by atoms with Crippen molar-refractivity contribution in [1.82, 2.24) is 5.32 Å². The van der Waals surface area contributed by atoms with Gasteiger partial charge in [0.05, 0.1) is 10.5 Å². The van der Waals surface area contributed by atoms with Crippen LogP contribution in [-0.2, 0) is 19.6 Å². The van der Waals surface area contributed by atoms with E-state index in [9.17, 15) is 22.8 Å². The zero-order chi connectivity index (χ0) is 21.6. The summed E-state index contributed by atoms with van der Waals surface area (Å²) in [5, 5.41) is 2.55. The summed E-state index contributed by atoms with van der Waals surface area (Å²) in [6.45, 7) is 5.03. The summed E-state index contributed by atoms with van der Waals surface area (Å²) in [7, 11) is -3.86. The van der Waals surface area contributed by atoms with Crippen molar-refractivity contribution in [2.75, 3.05) is 11.3 Å². The summed E-state index contributed by atoms with van der Waals surface area (Å²) >= 11 is 0. The highest BCUT2D eigenvalue weighted by molar-refractivity contribution is 7.92. The van der Waals surface area contributed by atoms with E-state index in [1.54, 1.807) is 6.92 Å². The lowest BCUT2D eigenvalue weighted by Crippen LogP contribution is -2.35. The van der Waals surface area contributed by atoms with Gasteiger partial charge in [0.1, 0.15) is 0 Å². The Balaban J connectivity index is 2.06. The van der Waals surface area contributed by atoms with E-state index in [0.29, 0.717) is 12.1 Å². The molecule has 0 bridgehead atoms. The van der Waals surface area contributed by atoms with Crippen LogP contribution < -0.4 is 10.0 Å². The monoisotopic (exact) mass is 418 g/mol. The number of ketones is 1. The minimum Gasteiger partial charge on any atom is -0.449 e. The molecule has 0 aliphatic carbocycles. The molecule has 2 rings (SSSR count). The molecule has 154 valence electrons. The first-order chi connectivity index (χ1) is 13.6. The molecule has 0 radical (unpaired) electrons. The molecule has 1 atom stereocenters. The first kappa shape index (κ1) is 22.1. The second-order valence-corrected chi connectivity index (χ2v) is 7.89. The van der Waals surface area contributed by atoms with Crippen molar-refractivity contribution in [3.63, 3.8) is 0 Å². The summed E-state index contributed by atoms with van der Waals surface area (Å²) in [5.41, 5.74) is 0.831. The first-order valence-corrected chi connectivity index (χ1v) is 10.3. The normalized spacial score (nSPS) is 12.0. The molecule has 9 heteroatoms. The Morgan fingerprint density at radius 1 is 0.966 bits per heavy atom. The van der Waals surface area contributed by atoms with Crippen molar-refractivity contribution in [3.05, 3.63) is 59.7 Å². The molecule has 2 aromatic rings. The van der Waals surface area contributed by atoms with Gasteiger partial charge in [-0.2, -0.15) is 0 Å². The summed E-state index contributed by atoms with van der Waals surface area (Å²) in [6, 6.07) is 11.2. The highest BCUT2D eigenvalue weighted by Gasteiger charge is 2.19.